The number of carbonyl (C=O) groups is 2. The molecule has 0 bridgehead atoms. The number of nitrogens with one attached hydrogen (secondary N) is 1. The lowest BCUT2D eigenvalue weighted by Gasteiger charge is -2.44. The highest BCUT2D eigenvalue weighted by atomic mass is 16.5. The van der Waals surface area contributed by atoms with Gasteiger partial charge in [-0.25, -0.2) is 4.79 Å². The zero-order valence-corrected chi connectivity index (χ0v) is 19.6. The molecule has 0 radical (unpaired) electrons. The molecule has 8 heteroatoms. The lowest BCUT2D eigenvalue weighted by molar-refractivity contribution is -0.139. The van der Waals surface area contributed by atoms with Gasteiger partial charge in [0.15, 0.2) is 0 Å². The van der Waals surface area contributed by atoms with Gasteiger partial charge in [0.05, 0.1) is 19.3 Å². The normalized spacial score (nSPS) is 25.3. The van der Waals surface area contributed by atoms with Gasteiger partial charge in [0, 0.05) is 20.1 Å². The molecule has 0 saturated carbocycles. The van der Waals surface area contributed by atoms with Gasteiger partial charge in [-0.05, 0) is 43.5 Å². The van der Waals surface area contributed by atoms with Gasteiger partial charge >= 0.3 is 6.03 Å². The van der Waals surface area contributed by atoms with E-state index in [1.807, 2.05) is 43.3 Å². The van der Waals surface area contributed by atoms with Crippen LogP contribution in [0.3, 0.4) is 0 Å². The van der Waals surface area contributed by atoms with Crippen LogP contribution in [-0.2, 0) is 11.3 Å². The number of rotatable bonds is 4. The molecule has 0 aromatic heterocycles. The van der Waals surface area contributed by atoms with Crippen molar-refractivity contribution in [2.75, 3.05) is 32.1 Å². The predicted octanol–water partition coefficient (Wildman–Crippen LogP) is 2.50. The van der Waals surface area contributed by atoms with Gasteiger partial charge < -0.3 is 14.5 Å². The number of hydrogen-bond acceptors (Lipinski definition) is 6. The van der Waals surface area contributed by atoms with Crippen LogP contribution in [-0.4, -0.2) is 72.4 Å². The Morgan fingerprint density at radius 1 is 1.03 bits per heavy atom. The lowest BCUT2D eigenvalue weighted by atomic mass is 10.1. The lowest BCUT2D eigenvalue weighted by Crippen LogP contribution is -2.66. The number of urea groups is 1. The van der Waals surface area contributed by atoms with E-state index >= 15 is 0 Å². The first kappa shape index (κ1) is 21.7. The Morgan fingerprint density at radius 3 is 2.48 bits per heavy atom. The van der Waals surface area contributed by atoms with Gasteiger partial charge in [-0.3, -0.25) is 19.9 Å². The number of likely N-dealkylation sites (N-methyl/N-ethyl adjacent to an activating group) is 1. The standard InChI is InChI=1S/C25H31N5O3/c1-16-6-9-18(10-7-16)15-30-23(31)21-22(27(3)25(30)32)26-24-28(12-5-13-29(21)24)19-14-17(2)8-11-20(19)33-4/h6-11,14,21-22,24,26H,5,12-13,15H2,1-4H3. The summed E-state index contributed by atoms with van der Waals surface area (Å²) in [7, 11) is 3.45. The average molecular weight is 450 g/mol. The van der Waals surface area contributed by atoms with Gasteiger partial charge in [-0.15, -0.1) is 0 Å². The molecule has 3 saturated heterocycles. The second-order valence-electron chi connectivity index (χ2n) is 9.19. The van der Waals surface area contributed by atoms with E-state index in [4.69, 9.17) is 4.74 Å². The summed E-state index contributed by atoms with van der Waals surface area (Å²) in [5.74, 6) is 0.660. The molecule has 3 atom stereocenters. The molecule has 5 rings (SSSR count). The summed E-state index contributed by atoms with van der Waals surface area (Å²) < 4.78 is 5.64. The predicted molar refractivity (Wildman–Crippen MR) is 126 cm³/mol. The molecule has 3 fully saturated rings. The fourth-order valence-electron chi connectivity index (χ4n) is 5.21. The number of anilines is 1. The Morgan fingerprint density at radius 2 is 1.76 bits per heavy atom. The summed E-state index contributed by atoms with van der Waals surface area (Å²) in [5.41, 5.74) is 4.23. The molecule has 3 amide bonds. The van der Waals surface area contributed by atoms with Crippen LogP contribution >= 0.6 is 0 Å². The molecule has 33 heavy (non-hydrogen) atoms. The average Bonchev–Trinajstić information content (AvgIpc) is 3.22. The number of hydrogen-bond donors (Lipinski definition) is 1. The number of imide groups is 1. The van der Waals surface area contributed by atoms with Crippen LogP contribution < -0.4 is 15.0 Å². The monoisotopic (exact) mass is 449 g/mol. The van der Waals surface area contributed by atoms with Gasteiger partial charge in [-0.1, -0.05) is 35.9 Å². The fraction of sp³-hybridized carbons (Fsp3) is 0.440. The maximum atomic E-state index is 13.7. The quantitative estimate of drug-likeness (QED) is 0.774. The number of benzene rings is 2. The third-order valence-electron chi connectivity index (χ3n) is 6.97. The minimum Gasteiger partial charge on any atom is -0.495 e. The van der Waals surface area contributed by atoms with E-state index < -0.39 is 6.04 Å². The van der Waals surface area contributed by atoms with E-state index in [0.717, 1.165) is 47.6 Å². The van der Waals surface area contributed by atoms with Gasteiger partial charge in [-0.2, -0.15) is 0 Å². The van der Waals surface area contributed by atoms with E-state index in [-0.39, 0.29) is 30.9 Å². The van der Waals surface area contributed by atoms with Crippen molar-refractivity contribution in [1.29, 1.82) is 0 Å². The molecule has 2 aromatic carbocycles. The Bertz CT molecular complexity index is 1070. The van der Waals surface area contributed by atoms with Crippen LogP contribution in [0, 0.1) is 13.8 Å². The Labute approximate surface area is 194 Å². The number of carbonyl (C=O) groups excluding carboxylic acids is 2. The summed E-state index contributed by atoms with van der Waals surface area (Å²) in [6.45, 7) is 5.99. The first-order valence-corrected chi connectivity index (χ1v) is 11.5. The molecule has 1 N–H and O–H groups in total. The maximum Gasteiger partial charge on any atom is 0.328 e. The van der Waals surface area contributed by atoms with E-state index in [2.05, 4.69) is 28.1 Å². The number of ether oxygens (including phenoxy) is 1. The molecule has 0 aliphatic carbocycles. The van der Waals surface area contributed by atoms with E-state index in [1.54, 1.807) is 19.1 Å². The third-order valence-corrected chi connectivity index (χ3v) is 6.97. The van der Waals surface area contributed by atoms with Gasteiger partial charge in [0.1, 0.15) is 24.2 Å². The van der Waals surface area contributed by atoms with Crippen LogP contribution in [0.15, 0.2) is 42.5 Å². The molecule has 3 unspecified atom stereocenters. The van der Waals surface area contributed by atoms with Crippen molar-refractivity contribution in [2.45, 2.75) is 45.3 Å². The van der Waals surface area contributed by atoms with Crippen molar-refractivity contribution in [3.05, 3.63) is 59.2 Å². The summed E-state index contributed by atoms with van der Waals surface area (Å²) >= 11 is 0. The largest absolute Gasteiger partial charge is 0.495 e. The van der Waals surface area contributed by atoms with E-state index in [1.165, 1.54) is 4.90 Å². The molecule has 8 nitrogen and oxygen atoms in total. The van der Waals surface area contributed by atoms with Gasteiger partial charge in [0.25, 0.3) is 5.91 Å². The molecular formula is C25H31N5O3. The minimum atomic E-state index is -0.429. The highest BCUT2D eigenvalue weighted by Crippen LogP contribution is 2.37. The van der Waals surface area contributed by atoms with E-state index in [9.17, 15) is 9.59 Å². The Kier molecular flexibility index (Phi) is 5.50. The topological polar surface area (TPSA) is 68.4 Å². The summed E-state index contributed by atoms with van der Waals surface area (Å²) in [5, 5.41) is 3.57. The minimum absolute atomic E-state index is 0.142. The highest BCUT2D eigenvalue weighted by molar-refractivity contribution is 6.00. The second-order valence-corrected chi connectivity index (χ2v) is 9.19. The molecule has 0 spiro atoms. The Hall–Kier alpha value is -3.10. The van der Waals surface area contributed by atoms with Crippen molar-refractivity contribution < 1.29 is 14.3 Å². The highest BCUT2D eigenvalue weighted by Gasteiger charge is 2.56. The van der Waals surface area contributed by atoms with Gasteiger partial charge in [0.2, 0.25) is 0 Å². The van der Waals surface area contributed by atoms with Crippen molar-refractivity contribution in [3.63, 3.8) is 0 Å². The number of methoxy groups -OCH3 is 1. The SMILES string of the molecule is COc1ccc(C)cc1N1CCCN2C3C(=O)N(Cc4ccc(C)cc4)C(=O)N(C)C3NC12. The molecule has 3 heterocycles. The number of fused-ring (bicyclic) bond motifs is 3. The third kappa shape index (κ3) is 3.63. The fourth-order valence-corrected chi connectivity index (χ4v) is 5.21. The molecular weight excluding hydrogens is 418 g/mol. The molecule has 3 aliphatic heterocycles. The number of nitrogens with zero attached hydrogens (tertiary/aromatic N) is 4. The van der Waals surface area contributed by atoms with Crippen molar-refractivity contribution >= 4 is 17.6 Å². The Balaban J connectivity index is 1.45. The molecule has 2 aromatic rings. The van der Waals surface area contributed by atoms with E-state index in [0.29, 0.717) is 0 Å². The van der Waals surface area contributed by atoms with Crippen molar-refractivity contribution in [2.24, 2.45) is 0 Å². The zero-order chi connectivity index (χ0) is 23.3. The molecule has 174 valence electrons. The first-order valence-electron chi connectivity index (χ1n) is 11.5. The summed E-state index contributed by atoms with van der Waals surface area (Å²) in [6, 6.07) is 13.4. The van der Waals surface area contributed by atoms with Crippen molar-refractivity contribution in [1.82, 2.24) is 20.0 Å². The summed E-state index contributed by atoms with van der Waals surface area (Å²) in [6.07, 6.45) is 0.352. The van der Waals surface area contributed by atoms with Crippen LogP contribution in [0.1, 0.15) is 23.1 Å². The smallest absolute Gasteiger partial charge is 0.328 e. The van der Waals surface area contributed by atoms with Crippen LogP contribution in [0.5, 0.6) is 5.75 Å². The number of aryl methyl sites for hydroxylation is 2. The maximum absolute atomic E-state index is 13.7. The number of amides is 3. The first-order chi connectivity index (χ1) is 15.9. The van der Waals surface area contributed by atoms with Crippen LogP contribution in [0.4, 0.5) is 10.5 Å². The molecule has 3 aliphatic rings. The summed E-state index contributed by atoms with van der Waals surface area (Å²) in [4.78, 5) is 34.4. The second kappa shape index (κ2) is 8.35. The van der Waals surface area contributed by atoms with Crippen LogP contribution in [0.2, 0.25) is 0 Å². The van der Waals surface area contributed by atoms with Crippen LogP contribution in [0.25, 0.3) is 0 Å². The zero-order valence-electron chi connectivity index (χ0n) is 19.6. The van der Waals surface area contributed by atoms with Crippen molar-refractivity contribution in [3.8, 4) is 5.75 Å².